The molecule has 0 fully saturated rings. The number of rotatable bonds is 10. The fourth-order valence-electron chi connectivity index (χ4n) is 4.51. The number of carbonyl (C=O) groups excluding carboxylic acids is 2. The van der Waals surface area contributed by atoms with Crippen LogP contribution in [0.1, 0.15) is 37.4 Å². The summed E-state index contributed by atoms with van der Waals surface area (Å²) in [5.74, 6) is 0.100. The summed E-state index contributed by atoms with van der Waals surface area (Å²) in [4.78, 5) is 25.4. The summed E-state index contributed by atoms with van der Waals surface area (Å²) in [6.07, 6.45) is 0. The molecule has 0 saturated carbocycles. The third-order valence-electron chi connectivity index (χ3n) is 6.99. The Kier molecular flexibility index (Phi) is 11.6. The first-order valence-corrected chi connectivity index (χ1v) is 12.7. The van der Waals surface area contributed by atoms with Crippen molar-refractivity contribution in [2.75, 3.05) is 41.3 Å². The van der Waals surface area contributed by atoms with Gasteiger partial charge in [0.25, 0.3) is 0 Å². The summed E-state index contributed by atoms with van der Waals surface area (Å²) >= 11 is 0. The lowest BCUT2D eigenvalue weighted by Gasteiger charge is -2.35. The van der Waals surface area contributed by atoms with Gasteiger partial charge < -0.3 is 38.4 Å². The van der Waals surface area contributed by atoms with Crippen molar-refractivity contribution in [1.29, 1.82) is 0 Å². The maximum atomic E-state index is 12.7. The highest BCUT2D eigenvalue weighted by atomic mass is 79.9. The van der Waals surface area contributed by atoms with Crippen LogP contribution in [0.2, 0.25) is 0 Å². The summed E-state index contributed by atoms with van der Waals surface area (Å²) in [6.45, 7) is 2.80. The van der Waals surface area contributed by atoms with Crippen molar-refractivity contribution in [3.8, 4) is 0 Å². The molecule has 0 aliphatic carbocycles. The Morgan fingerprint density at radius 3 is 1.33 bits per heavy atom. The topological polar surface area (TPSA) is 34.1 Å². The van der Waals surface area contributed by atoms with Crippen LogP contribution in [0.3, 0.4) is 0 Å². The van der Waals surface area contributed by atoms with E-state index < -0.39 is 0 Å². The highest BCUT2D eigenvalue weighted by Gasteiger charge is 2.25. The third-order valence-corrected chi connectivity index (χ3v) is 6.99. The van der Waals surface area contributed by atoms with E-state index in [0.29, 0.717) is 22.3 Å². The van der Waals surface area contributed by atoms with E-state index in [0.717, 1.165) is 28.6 Å². The van der Waals surface area contributed by atoms with Crippen LogP contribution < -0.4 is 38.4 Å². The van der Waals surface area contributed by atoms with Crippen LogP contribution in [-0.4, -0.2) is 57.3 Å². The zero-order chi connectivity index (χ0) is 26.5. The minimum Gasteiger partial charge on any atom is -1.00 e. The van der Waals surface area contributed by atoms with Crippen molar-refractivity contribution in [2.24, 2.45) is 0 Å². The van der Waals surface area contributed by atoms with Crippen LogP contribution >= 0.6 is 0 Å². The first kappa shape index (κ1) is 32.3. The molecule has 0 radical (unpaired) electrons. The molecule has 0 amide bonds. The Morgan fingerprint density at radius 2 is 0.897 bits per heavy atom. The van der Waals surface area contributed by atoms with Crippen molar-refractivity contribution in [1.82, 2.24) is 4.48 Å². The molecule has 0 saturated heterocycles. The predicted octanol–water partition coefficient (Wildman–Crippen LogP) is 0.000100. The Balaban J connectivity index is 0.00000267. The Bertz CT molecular complexity index is 1350. The second-order valence-corrected chi connectivity index (χ2v) is 10.9. The van der Waals surface area contributed by atoms with Gasteiger partial charge in [0.15, 0.2) is 11.6 Å². The number of likely N-dealkylation sites (N-methyl/N-ethyl adjacent to an activating group) is 2. The highest BCUT2D eigenvalue weighted by molar-refractivity contribution is 6.09. The third kappa shape index (κ3) is 8.54. The second kappa shape index (κ2) is 13.9. The Morgan fingerprint density at radius 1 is 0.513 bits per heavy atom. The van der Waals surface area contributed by atoms with E-state index in [1.165, 1.54) is 11.3 Å². The normalized spacial score (nSPS) is 11.2. The van der Waals surface area contributed by atoms with Gasteiger partial charge in [-0.05, 0) is 24.3 Å². The van der Waals surface area contributed by atoms with Gasteiger partial charge in [0.2, 0.25) is 0 Å². The number of benzene rings is 4. The van der Waals surface area contributed by atoms with Crippen molar-refractivity contribution in [3.63, 3.8) is 0 Å². The van der Waals surface area contributed by atoms with Crippen molar-refractivity contribution in [3.05, 3.63) is 137 Å². The molecule has 0 heterocycles. The zero-order valence-corrected chi connectivity index (χ0v) is 26.2. The molecule has 39 heavy (non-hydrogen) atoms. The van der Waals surface area contributed by atoms with Crippen LogP contribution in [-0.2, 0) is 6.54 Å². The molecule has 204 valence electrons. The molecule has 0 aliphatic heterocycles. The molecule has 0 aromatic heterocycles. The lowest BCUT2D eigenvalue weighted by molar-refractivity contribution is -0.903. The summed E-state index contributed by atoms with van der Waals surface area (Å²) in [7, 11) is 8.89. The molecule has 4 aromatic rings. The lowest BCUT2D eigenvalue weighted by atomic mass is 10.0. The fraction of sp³-hybridized carbons (Fsp3) is 0.212. The van der Waals surface area contributed by atoms with E-state index in [9.17, 15) is 9.59 Å². The van der Waals surface area contributed by atoms with Gasteiger partial charge in [-0.1, -0.05) is 84.9 Å². The van der Waals surface area contributed by atoms with Gasteiger partial charge in [-0.15, -0.1) is 0 Å². The highest BCUT2D eigenvalue weighted by Crippen LogP contribution is 2.22. The molecule has 0 N–H and O–H groups in total. The lowest BCUT2D eigenvalue weighted by Crippen LogP contribution is -3.00. The van der Waals surface area contributed by atoms with E-state index in [2.05, 4.69) is 52.5 Å². The van der Waals surface area contributed by atoms with Gasteiger partial charge in [-0.3, -0.25) is 14.1 Å². The predicted molar refractivity (Wildman–Crippen MR) is 152 cm³/mol. The molecule has 0 aliphatic rings. The molecule has 4 rings (SSSR count). The number of quaternary nitrogens is 2. The number of hydrogen-bond donors (Lipinski definition) is 0. The molecule has 4 aromatic carbocycles. The van der Waals surface area contributed by atoms with E-state index in [4.69, 9.17) is 0 Å². The van der Waals surface area contributed by atoms with E-state index in [-0.39, 0.29) is 45.5 Å². The zero-order valence-electron chi connectivity index (χ0n) is 23.0. The largest absolute Gasteiger partial charge is 1.00 e. The molecule has 4 nitrogen and oxygen atoms in total. The maximum absolute atomic E-state index is 12.7. The van der Waals surface area contributed by atoms with Crippen molar-refractivity contribution < 1.29 is 48.0 Å². The monoisotopic (exact) mass is 650 g/mol. The first-order valence-electron chi connectivity index (χ1n) is 12.7. The molecular weight excluding hydrogens is 616 g/mol. The smallest absolute Gasteiger partial charge is 0.193 e. The summed E-state index contributed by atoms with van der Waals surface area (Å²) in [5.41, 5.74) is 5.23. The van der Waals surface area contributed by atoms with Gasteiger partial charge in [0, 0.05) is 27.8 Å². The summed E-state index contributed by atoms with van der Waals surface area (Å²) in [5, 5.41) is 0. The molecule has 0 spiro atoms. The van der Waals surface area contributed by atoms with Gasteiger partial charge in [0.1, 0.15) is 25.3 Å². The van der Waals surface area contributed by atoms with E-state index in [1.807, 2.05) is 84.9 Å². The SMILES string of the molecule is C[N+](C)(CC[N+](C)(C)c1ccc(C(=O)c2ccccc2)cc1)Cc1ccc(C(=O)c2ccccc2)cc1.[Br-].[Br-]. The number of carbonyl (C=O) groups is 2. The Labute approximate surface area is 253 Å². The minimum absolute atomic E-state index is 0. The average Bonchev–Trinajstić information content (AvgIpc) is 2.92. The second-order valence-electron chi connectivity index (χ2n) is 10.9. The average molecular weight is 652 g/mol. The van der Waals surface area contributed by atoms with Crippen LogP contribution in [0.25, 0.3) is 0 Å². The van der Waals surface area contributed by atoms with Gasteiger partial charge in [-0.25, -0.2) is 0 Å². The minimum atomic E-state index is 0. The van der Waals surface area contributed by atoms with Crippen molar-refractivity contribution in [2.45, 2.75) is 6.54 Å². The molecule has 0 unspecified atom stereocenters. The van der Waals surface area contributed by atoms with Gasteiger partial charge in [0.05, 0.1) is 28.2 Å². The maximum Gasteiger partial charge on any atom is 0.193 e. The molecule has 6 heteroatoms. The summed E-state index contributed by atoms with van der Waals surface area (Å²) < 4.78 is 1.56. The van der Waals surface area contributed by atoms with Crippen molar-refractivity contribution >= 4 is 17.3 Å². The van der Waals surface area contributed by atoms with E-state index in [1.54, 1.807) is 0 Å². The number of halogens is 2. The van der Waals surface area contributed by atoms with Crippen LogP contribution in [0.4, 0.5) is 5.69 Å². The molecule has 0 bridgehead atoms. The van der Waals surface area contributed by atoms with Crippen LogP contribution in [0.5, 0.6) is 0 Å². The number of hydrogen-bond acceptors (Lipinski definition) is 2. The number of nitrogens with zero attached hydrogens (tertiary/aromatic N) is 2. The Hall–Kier alpha value is -2.90. The first-order chi connectivity index (χ1) is 17.6. The van der Waals surface area contributed by atoms with Crippen LogP contribution in [0, 0.1) is 0 Å². The van der Waals surface area contributed by atoms with Gasteiger partial charge in [-0.2, -0.15) is 0 Å². The fourth-order valence-corrected chi connectivity index (χ4v) is 4.51. The summed E-state index contributed by atoms with van der Waals surface area (Å²) in [6, 6.07) is 34.8. The number of ketones is 2. The van der Waals surface area contributed by atoms with Gasteiger partial charge >= 0.3 is 0 Å². The quantitative estimate of drug-likeness (QED) is 0.179. The molecule has 0 atom stereocenters. The van der Waals surface area contributed by atoms with Crippen LogP contribution in [0.15, 0.2) is 109 Å². The molecular formula is C33H36Br2N2O2. The standard InChI is InChI=1S/C33H36N2O2.2BrH/c1-34(2,25-26-15-17-29(18-16-26)32(36)27-11-7-5-8-12-27)23-24-35(3,4)31-21-19-30(20-22-31)33(37)28-13-9-6-10-14-28;;/h5-22H,23-25H2,1-4H3;2*1H/q+2;;/p-2. The van der Waals surface area contributed by atoms with E-state index >= 15 is 0 Å².